The summed E-state index contributed by atoms with van der Waals surface area (Å²) in [4.78, 5) is 25.7. The van der Waals surface area contributed by atoms with Crippen molar-refractivity contribution in [2.24, 2.45) is 0 Å². The molecule has 1 fully saturated rings. The van der Waals surface area contributed by atoms with Crippen molar-refractivity contribution in [2.75, 3.05) is 5.75 Å². The summed E-state index contributed by atoms with van der Waals surface area (Å²) in [7, 11) is 0. The van der Waals surface area contributed by atoms with Gasteiger partial charge in [0.1, 0.15) is 0 Å². The van der Waals surface area contributed by atoms with Gasteiger partial charge >= 0.3 is 5.97 Å². The smallest absolute Gasteiger partial charge is 0.313 e. The summed E-state index contributed by atoms with van der Waals surface area (Å²) in [6, 6.07) is 1.42. The van der Waals surface area contributed by atoms with Crippen LogP contribution in [0.5, 0.6) is 0 Å². The maximum atomic E-state index is 11.2. The molecule has 1 aromatic rings. The maximum Gasteiger partial charge on any atom is 0.313 e. The highest BCUT2D eigenvalue weighted by atomic mass is 32.2. The van der Waals surface area contributed by atoms with E-state index >= 15 is 0 Å². The Hall–Kier alpha value is -1.30. The molecule has 1 heterocycles. The summed E-state index contributed by atoms with van der Waals surface area (Å²) in [5.41, 5.74) is -0.335. The topological polar surface area (TPSA) is 72.2 Å². The number of nitrogens with zero attached hydrogens (tertiary/aromatic N) is 2. The first-order valence-electron chi connectivity index (χ1n) is 5.46. The number of hydrogen-bond acceptors (Lipinski definition) is 4. The van der Waals surface area contributed by atoms with Crippen LogP contribution in [0.1, 0.15) is 26.2 Å². The van der Waals surface area contributed by atoms with Gasteiger partial charge in [0.2, 0.25) is 0 Å². The third-order valence-electron chi connectivity index (χ3n) is 3.12. The van der Waals surface area contributed by atoms with Crippen LogP contribution in [-0.2, 0) is 10.3 Å². The average Bonchev–Trinajstić information content (AvgIpc) is 2.23. The van der Waals surface area contributed by atoms with Gasteiger partial charge in [-0.05, 0) is 26.2 Å². The molecule has 1 aliphatic carbocycles. The SMILES string of the molecule is CC1(n2ccc(=O)nc2SCC(=O)O)CCC1. The van der Waals surface area contributed by atoms with Crippen molar-refractivity contribution < 1.29 is 9.90 Å². The standard InChI is InChI=1S/C11H14N2O3S/c1-11(4-2-5-11)13-6-3-8(14)12-10(13)17-7-9(15)16/h3,6H,2,4-5,7H2,1H3,(H,15,16). The van der Waals surface area contributed by atoms with Crippen LogP contribution in [0.15, 0.2) is 22.2 Å². The Kier molecular flexibility index (Phi) is 3.24. The Morgan fingerprint density at radius 3 is 2.88 bits per heavy atom. The molecule has 17 heavy (non-hydrogen) atoms. The lowest BCUT2D eigenvalue weighted by Crippen LogP contribution is -2.39. The van der Waals surface area contributed by atoms with Crippen molar-refractivity contribution in [1.29, 1.82) is 0 Å². The minimum Gasteiger partial charge on any atom is -0.481 e. The fourth-order valence-corrected chi connectivity index (χ4v) is 2.78. The number of rotatable bonds is 4. The van der Waals surface area contributed by atoms with Crippen LogP contribution in [0, 0.1) is 0 Å². The van der Waals surface area contributed by atoms with E-state index in [0.29, 0.717) is 5.16 Å². The zero-order chi connectivity index (χ0) is 12.5. The number of carboxylic acids is 1. The van der Waals surface area contributed by atoms with Crippen molar-refractivity contribution in [3.63, 3.8) is 0 Å². The van der Waals surface area contributed by atoms with Crippen LogP contribution in [0.4, 0.5) is 0 Å². The van der Waals surface area contributed by atoms with E-state index in [2.05, 4.69) is 11.9 Å². The van der Waals surface area contributed by atoms with Gasteiger partial charge in [0.25, 0.3) is 5.56 Å². The monoisotopic (exact) mass is 254 g/mol. The molecule has 1 aliphatic rings. The Labute approximate surface area is 103 Å². The second kappa shape index (κ2) is 4.52. The largest absolute Gasteiger partial charge is 0.481 e. The maximum absolute atomic E-state index is 11.2. The lowest BCUT2D eigenvalue weighted by atomic mass is 9.78. The molecule has 5 nitrogen and oxygen atoms in total. The fourth-order valence-electron chi connectivity index (χ4n) is 1.96. The summed E-state index contributed by atoms with van der Waals surface area (Å²) >= 11 is 1.10. The third-order valence-corrected chi connectivity index (χ3v) is 4.05. The van der Waals surface area contributed by atoms with E-state index in [1.807, 2.05) is 4.57 Å². The van der Waals surface area contributed by atoms with Gasteiger partial charge in [0.15, 0.2) is 5.16 Å². The Balaban J connectivity index is 2.30. The number of carbonyl (C=O) groups is 1. The van der Waals surface area contributed by atoms with Crippen LogP contribution in [0.3, 0.4) is 0 Å². The van der Waals surface area contributed by atoms with Gasteiger partial charge in [-0.2, -0.15) is 4.98 Å². The van der Waals surface area contributed by atoms with Crippen molar-refractivity contribution in [1.82, 2.24) is 9.55 Å². The molecule has 0 aromatic carbocycles. The van der Waals surface area contributed by atoms with Gasteiger partial charge in [0, 0.05) is 17.8 Å². The molecule has 1 saturated carbocycles. The first kappa shape index (κ1) is 12.2. The van der Waals surface area contributed by atoms with E-state index in [1.54, 1.807) is 6.20 Å². The zero-order valence-corrected chi connectivity index (χ0v) is 10.4. The lowest BCUT2D eigenvalue weighted by molar-refractivity contribution is -0.133. The average molecular weight is 254 g/mol. The molecule has 0 bridgehead atoms. The van der Waals surface area contributed by atoms with Crippen molar-refractivity contribution in [3.05, 3.63) is 22.6 Å². The van der Waals surface area contributed by atoms with E-state index < -0.39 is 5.97 Å². The number of carboxylic acid groups (broad SMARTS) is 1. The summed E-state index contributed by atoms with van der Waals surface area (Å²) in [6.45, 7) is 2.10. The molecular formula is C11H14N2O3S. The normalized spacial score (nSPS) is 17.5. The highest BCUT2D eigenvalue weighted by Gasteiger charge is 2.34. The zero-order valence-electron chi connectivity index (χ0n) is 9.55. The van der Waals surface area contributed by atoms with E-state index in [-0.39, 0.29) is 16.9 Å². The number of thioether (sulfide) groups is 1. The van der Waals surface area contributed by atoms with Crippen LogP contribution >= 0.6 is 11.8 Å². The first-order valence-corrected chi connectivity index (χ1v) is 6.45. The molecule has 0 aliphatic heterocycles. The molecule has 0 spiro atoms. The second-order valence-electron chi connectivity index (χ2n) is 4.45. The van der Waals surface area contributed by atoms with Gasteiger partial charge < -0.3 is 9.67 Å². The summed E-state index contributed by atoms with van der Waals surface area (Å²) in [6.07, 6.45) is 4.96. The molecular weight excluding hydrogens is 240 g/mol. The fraction of sp³-hybridized carbons (Fsp3) is 0.545. The Morgan fingerprint density at radius 1 is 1.65 bits per heavy atom. The second-order valence-corrected chi connectivity index (χ2v) is 5.39. The van der Waals surface area contributed by atoms with E-state index in [9.17, 15) is 9.59 Å². The number of aromatic nitrogens is 2. The van der Waals surface area contributed by atoms with Gasteiger partial charge in [-0.25, -0.2) is 0 Å². The van der Waals surface area contributed by atoms with E-state index in [4.69, 9.17) is 5.11 Å². The van der Waals surface area contributed by atoms with Crippen molar-refractivity contribution in [3.8, 4) is 0 Å². The lowest BCUT2D eigenvalue weighted by Gasteiger charge is -2.41. The molecule has 0 radical (unpaired) electrons. The van der Waals surface area contributed by atoms with Gasteiger partial charge in [0.05, 0.1) is 5.75 Å². The van der Waals surface area contributed by atoms with Crippen LogP contribution < -0.4 is 5.56 Å². The molecule has 92 valence electrons. The van der Waals surface area contributed by atoms with Crippen LogP contribution in [-0.4, -0.2) is 26.4 Å². The summed E-state index contributed by atoms with van der Waals surface area (Å²) < 4.78 is 1.94. The van der Waals surface area contributed by atoms with Crippen LogP contribution in [0.25, 0.3) is 0 Å². The minimum atomic E-state index is -0.904. The highest BCUT2D eigenvalue weighted by molar-refractivity contribution is 7.99. The Bertz CT molecular complexity index is 494. The van der Waals surface area contributed by atoms with Gasteiger partial charge in [-0.1, -0.05) is 11.8 Å². The predicted octanol–water partition coefficient (Wildman–Crippen LogP) is 1.32. The number of aliphatic carboxylic acids is 1. The molecule has 6 heteroatoms. The van der Waals surface area contributed by atoms with E-state index in [1.165, 1.54) is 6.07 Å². The van der Waals surface area contributed by atoms with Gasteiger partial charge in [-0.3, -0.25) is 9.59 Å². The first-order chi connectivity index (χ1) is 8.01. The minimum absolute atomic E-state index is 0.0124. The third kappa shape index (κ3) is 2.52. The summed E-state index contributed by atoms with van der Waals surface area (Å²) in [5.74, 6) is -0.981. The molecule has 0 amide bonds. The molecule has 1 N–H and O–H groups in total. The van der Waals surface area contributed by atoms with E-state index in [0.717, 1.165) is 31.0 Å². The molecule has 0 saturated heterocycles. The predicted molar refractivity (Wildman–Crippen MR) is 64.4 cm³/mol. The Morgan fingerprint density at radius 2 is 2.35 bits per heavy atom. The highest BCUT2D eigenvalue weighted by Crippen LogP contribution is 2.40. The molecule has 0 unspecified atom stereocenters. The van der Waals surface area contributed by atoms with Crippen molar-refractivity contribution >= 4 is 17.7 Å². The molecule has 0 atom stereocenters. The quantitative estimate of drug-likeness (QED) is 0.648. The summed E-state index contributed by atoms with van der Waals surface area (Å²) in [5, 5.41) is 9.17. The molecule has 1 aromatic heterocycles. The van der Waals surface area contributed by atoms with Crippen molar-refractivity contribution in [2.45, 2.75) is 36.9 Å². The molecule has 2 rings (SSSR count). The van der Waals surface area contributed by atoms with Crippen LogP contribution in [0.2, 0.25) is 0 Å². The van der Waals surface area contributed by atoms with Gasteiger partial charge in [-0.15, -0.1) is 0 Å². The number of hydrogen-bond donors (Lipinski definition) is 1.